The van der Waals surface area contributed by atoms with Crippen LogP contribution in [0, 0.1) is 0 Å². The average Bonchev–Trinajstić information content (AvgIpc) is 2.59. The minimum Gasteiger partial charge on any atom is -0.380 e. The topological polar surface area (TPSA) is 101 Å². The van der Waals surface area contributed by atoms with Gasteiger partial charge in [0.1, 0.15) is 0 Å². The van der Waals surface area contributed by atoms with Crippen molar-refractivity contribution in [1.82, 2.24) is 5.32 Å². The summed E-state index contributed by atoms with van der Waals surface area (Å²) in [6.45, 7) is 2.32. The van der Waals surface area contributed by atoms with E-state index in [4.69, 9.17) is 5.14 Å². The quantitative estimate of drug-likeness (QED) is 0.693. The van der Waals surface area contributed by atoms with Gasteiger partial charge in [0, 0.05) is 24.3 Å². The van der Waals surface area contributed by atoms with E-state index < -0.39 is 26.7 Å². The molecule has 0 aliphatic heterocycles. The van der Waals surface area contributed by atoms with Crippen LogP contribution in [0.3, 0.4) is 0 Å². The van der Waals surface area contributed by atoms with Crippen molar-refractivity contribution in [3.63, 3.8) is 0 Å². The van der Waals surface area contributed by atoms with Crippen LogP contribution in [0.4, 0.5) is 18.9 Å². The summed E-state index contributed by atoms with van der Waals surface area (Å²) >= 11 is 0. The number of sulfonamides is 1. The monoisotopic (exact) mass is 401 g/mol. The summed E-state index contributed by atoms with van der Waals surface area (Å²) in [5, 5.41) is 10.2. The lowest BCUT2D eigenvalue weighted by atomic mass is 10.1. The number of nitrogens with one attached hydrogen (secondary N) is 2. The molecule has 0 unspecified atom stereocenters. The van der Waals surface area contributed by atoms with Gasteiger partial charge in [-0.1, -0.05) is 12.1 Å². The predicted molar refractivity (Wildman–Crippen MR) is 94.6 cm³/mol. The van der Waals surface area contributed by atoms with E-state index in [1.165, 1.54) is 0 Å². The molecule has 0 aliphatic rings. The molecule has 2 aromatic carbocycles. The third-order valence-electron chi connectivity index (χ3n) is 3.66. The Morgan fingerprint density at radius 3 is 2.26 bits per heavy atom. The van der Waals surface area contributed by atoms with Crippen LogP contribution in [0.1, 0.15) is 28.4 Å². The maximum absolute atomic E-state index is 13.2. The highest BCUT2D eigenvalue weighted by Crippen LogP contribution is 2.36. The molecule has 0 heterocycles. The number of primary sulfonamides is 1. The van der Waals surface area contributed by atoms with Crippen molar-refractivity contribution >= 4 is 21.6 Å². The molecule has 0 spiro atoms. The van der Waals surface area contributed by atoms with Gasteiger partial charge in [0.25, 0.3) is 5.91 Å². The van der Waals surface area contributed by atoms with Crippen LogP contribution in [-0.4, -0.2) is 20.9 Å². The first-order valence-electron chi connectivity index (χ1n) is 7.87. The number of carbonyl (C=O) groups excluding carboxylic acids is 1. The van der Waals surface area contributed by atoms with Crippen molar-refractivity contribution < 1.29 is 26.4 Å². The van der Waals surface area contributed by atoms with Crippen LogP contribution in [-0.2, 0) is 22.7 Å². The Morgan fingerprint density at radius 2 is 1.74 bits per heavy atom. The van der Waals surface area contributed by atoms with Gasteiger partial charge in [-0.2, -0.15) is 13.2 Å². The molecule has 0 radical (unpaired) electrons. The van der Waals surface area contributed by atoms with Gasteiger partial charge < -0.3 is 10.6 Å². The van der Waals surface area contributed by atoms with Crippen molar-refractivity contribution in [1.29, 1.82) is 0 Å². The number of rotatable bonds is 6. The van der Waals surface area contributed by atoms with Gasteiger partial charge in [-0.25, -0.2) is 13.6 Å². The van der Waals surface area contributed by atoms with Gasteiger partial charge in [0.2, 0.25) is 10.0 Å². The van der Waals surface area contributed by atoms with Crippen molar-refractivity contribution in [3.8, 4) is 0 Å². The van der Waals surface area contributed by atoms with Crippen molar-refractivity contribution in [3.05, 3.63) is 59.2 Å². The molecular formula is C17H18F3N3O3S. The van der Waals surface area contributed by atoms with E-state index in [1.54, 1.807) is 31.2 Å². The van der Waals surface area contributed by atoms with Crippen LogP contribution >= 0.6 is 0 Å². The van der Waals surface area contributed by atoms with Gasteiger partial charge in [0.15, 0.2) is 0 Å². The van der Waals surface area contributed by atoms with Crippen molar-refractivity contribution in [2.24, 2.45) is 5.14 Å². The Kier molecular flexibility index (Phi) is 6.11. The first kappa shape index (κ1) is 20.7. The fourth-order valence-electron chi connectivity index (χ4n) is 2.32. The van der Waals surface area contributed by atoms with Gasteiger partial charge in [-0.05, 0) is 42.8 Å². The molecule has 0 aromatic heterocycles. The molecule has 2 aromatic rings. The number of nitrogens with two attached hydrogens (primary N) is 1. The van der Waals surface area contributed by atoms with E-state index in [-0.39, 0.29) is 18.1 Å². The van der Waals surface area contributed by atoms with Crippen LogP contribution in [0.15, 0.2) is 47.4 Å². The number of carbonyl (C=O) groups is 1. The fourth-order valence-corrected chi connectivity index (χ4v) is 2.86. The number of amides is 1. The Bertz CT molecular complexity index is 927. The molecule has 1 amide bonds. The maximum atomic E-state index is 13.2. The largest absolute Gasteiger partial charge is 0.418 e. The molecule has 0 saturated heterocycles. The lowest BCUT2D eigenvalue weighted by Crippen LogP contribution is -2.22. The van der Waals surface area contributed by atoms with Gasteiger partial charge in [-0.3, -0.25) is 4.79 Å². The second-order valence-electron chi connectivity index (χ2n) is 5.66. The smallest absolute Gasteiger partial charge is 0.380 e. The molecule has 6 nitrogen and oxygen atoms in total. The molecule has 10 heteroatoms. The molecule has 0 bridgehead atoms. The third kappa shape index (κ3) is 5.44. The van der Waals surface area contributed by atoms with E-state index in [1.807, 2.05) is 0 Å². The molecule has 0 atom stereocenters. The summed E-state index contributed by atoms with van der Waals surface area (Å²) < 4.78 is 62.3. The maximum Gasteiger partial charge on any atom is 0.418 e. The molecule has 4 N–H and O–H groups in total. The molecule has 0 fully saturated rings. The molecule has 0 aliphatic carbocycles. The molecule has 2 rings (SSSR count). The van der Waals surface area contributed by atoms with Gasteiger partial charge in [0.05, 0.1) is 10.5 Å². The first-order chi connectivity index (χ1) is 12.5. The minimum atomic E-state index is -4.76. The Hall–Kier alpha value is -2.59. The highest BCUT2D eigenvalue weighted by atomic mass is 32.2. The fraction of sp³-hybridized carbons (Fsp3) is 0.235. The Morgan fingerprint density at radius 1 is 1.11 bits per heavy atom. The van der Waals surface area contributed by atoms with Crippen molar-refractivity contribution in [2.75, 3.05) is 11.9 Å². The van der Waals surface area contributed by atoms with Crippen LogP contribution in [0.25, 0.3) is 0 Å². The summed E-state index contributed by atoms with van der Waals surface area (Å²) in [4.78, 5) is 11.1. The Balaban J connectivity index is 2.21. The second-order valence-corrected chi connectivity index (χ2v) is 7.22. The number of hydrogen-bond acceptors (Lipinski definition) is 4. The van der Waals surface area contributed by atoms with E-state index in [0.717, 1.165) is 12.1 Å². The van der Waals surface area contributed by atoms with E-state index in [0.29, 0.717) is 23.7 Å². The molecule has 0 saturated carbocycles. The molecular weight excluding hydrogens is 383 g/mol. The number of alkyl halides is 3. The Labute approximate surface area is 154 Å². The highest BCUT2D eigenvalue weighted by molar-refractivity contribution is 7.89. The standard InChI is InChI=1S/C17H18F3N3O3S/c1-2-22-16(24)12-5-3-11(4-6-12)10-23-15-8-7-13(27(21,25)26)9-14(15)17(18,19)20/h3-9,23H,2,10H2,1H3,(H,22,24)(H2,21,25,26). The first-order valence-corrected chi connectivity index (χ1v) is 9.42. The van der Waals surface area contributed by atoms with E-state index in [9.17, 15) is 26.4 Å². The van der Waals surface area contributed by atoms with E-state index in [2.05, 4.69) is 10.6 Å². The number of benzene rings is 2. The van der Waals surface area contributed by atoms with Crippen LogP contribution < -0.4 is 15.8 Å². The summed E-state index contributed by atoms with van der Waals surface area (Å²) in [5.74, 6) is -0.241. The average molecular weight is 401 g/mol. The molecule has 27 heavy (non-hydrogen) atoms. The van der Waals surface area contributed by atoms with Gasteiger partial charge >= 0.3 is 6.18 Å². The number of halogens is 3. The zero-order chi connectivity index (χ0) is 20.2. The van der Waals surface area contributed by atoms with Gasteiger partial charge in [-0.15, -0.1) is 0 Å². The van der Waals surface area contributed by atoms with E-state index >= 15 is 0 Å². The SMILES string of the molecule is CCNC(=O)c1ccc(CNc2ccc(S(N)(=O)=O)cc2C(F)(F)F)cc1. The normalized spacial score (nSPS) is 11.9. The van der Waals surface area contributed by atoms with Crippen LogP contribution in [0.2, 0.25) is 0 Å². The predicted octanol–water partition coefficient (Wildman–Crippen LogP) is 2.71. The number of hydrogen-bond donors (Lipinski definition) is 3. The lowest BCUT2D eigenvalue weighted by Gasteiger charge is -2.16. The summed E-state index contributed by atoms with van der Waals surface area (Å²) in [6, 6.07) is 8.88. The zero-order valence-electron chi connectivity index (χ0n) is 14.3. The third-order valence-corrected chi connectivity index (χ3v) is 4.57. The highest BCUT2D eigenvalue weighted by Gasteiger charge is 2.34. The summed E-state index contributed by atoms with van der Waals surface area (Å²) in [7, 11) is -4.25. The number of anilines is 1. The minimum absolute atomic E-state index is 0.0491. The zero-order valence-corrected chi connectivity index (χ0v) is 15.1. The summed E-state index contributed by atoms with van der Waals surface area (Å²) in [6.07, 6.45) is -4.76. The second kappa shape index (κ2) is 7.97. The molecule has 146 valence electrons. The lowest BCUT2D eigenvalue weighted by molar-refractivity contribution is -0.137. The van der Waals surface area contributed by atoms with Crippen molar-refractivity contribution in [2.45, 2.75) is 24.5 Å². The summed E-state index contributed by atoms with van der Waals surface area (Å²) in [5.41, 5.74) is -0.323. The van der Waals surface area contributed by atoms with Crippen LogP contribution in [0.5, 0.6) is 0 Å².